The first-order valence-electron chi connectivity index (χ1n) is 8.05. The molecule has 0 bridgehead atoms. The molecule has 1 heterocycles. The number of carbonyl (C=O) groups is 1. The zero-order valence-corrected chi connectivity index (χ0v) is 16.0. The van der Waals surface area contributed by atoms with Gasteiger partial charge in [-0.3, -0.25) is 0 Å². The SMILES string of the molecule is COc1ccc(C[As]CC(O)C2CCN(C(=O)O)CC2)c(OC)c1. The fraction of sp³-hybridized carbons (Fsp3) is 0.588. The van der Waals surface area contributed by atoms with Crippen molar-refractivity contribution in [3.8, 4) is 11.5 Å². The average molecular weight is 398 g/mol. The molecule has 7 heteroatoms. The Morgan fingerprint density at radius 1 is 1.33 bits per heavy atom. The van der Waals surface area contributed by atoms with Crippen LogP contribution < -0.4 is 9.47 Å². The predicted octanol–water partition coefficient (Wildman–Crippen LogP) is 2.08. The van der Waals surface area contributed by atoms with Crippen molar-refractivity contribution in [2.24, 2.45) is 5.92 Å². The van der Waals surface area contributed by atoms with Gasteiger partial charge in [-0.25, -0.2) is 0 Å². The minimum absolute atomic E-state index is 0.0284. The van der Waals surface area contributed by atoms with Gasteiger partial charge in [0.15, 0.2) is 0 Å². The van der Waals surface area contributed by atoms with Gasteiger partial charge in [0.2, 0.25) is 0 Å². The van der Waals surface area contributed by atoms with Gasteiger partial charge in [-0.15, -0.1) is 0 Å². The van der Waals surface area contributed by atoms with Crippen LogP contribution in [-0.4, -0.2) is 70.4 Å². The van der Waals surface area contributed by atoms with Crippen molar-refractivity contribution < 1.29 is 24.5 Å². The van der Waals surface area contributed by atoms with Crippen molar-refractivity contribution >= 4 is 21.8 Å². The van der Waals surface area contributed by atoms with Crippen molar-refractivity contribution in [3.05, 3.63) is 23.8 Å². The number of methoxy groups -OCH3 is 2. The topological polar surface area (TPSA) is 79.2 Å². The number of rotatable bonds is 7. The molecule has 24 heavy (non-hydrogen) atoms. The molecule has 2 N–H and O–H groups in total. The summed E-state index contributed by atoms with van der Waals surface area (Å²) in [5.41, 5.74) is 1.14. The molecule has 1 saturated heterocycles. The zero-order valence-electron chi connectivity index (χ0n) is 14.1. The van der Waals surface area contributed by atoms with E-state index in [-0.39, 0.29) is 27.8 Å². The van der Waals surface area contributed by atoms with E-state index in [0.29, 0.717) is 13.1 Å². The van der Waals surface area contributed by atoms with Gasteiger partial charge >= 0.3 is 149 Å². The molecule has 133 valence electrons. The van der Waals surface area contributed by atoms with Crippen LogP contribution in [0.3, 0.4) is 0 Å². The number of amides is 1. The number of hydrogen-bond acceptors (Lipinski definition) is 4. The molecule has 6 nitrogen and oxygen atoms in total. The van der Waals surface area contributed by atoms with Gasteiger partial charge in [-0.05, 0) is 0 Å². The second-order valence-electron chi connectivity index (χ2n) is 5.92. The van der Waals surface area contributed by atoms with E-state index in [1.807, 2.05) is 18.2 Å². The Morgan fingerprint density at radius 2 is 2.04 bits per heavy atom. The number of aliphatic hydroxyl groups excluding tert-OH is 1. The summed E-state index contributed by atoms with van der Waals surface area (Å²) >= 11 is -0.0284. The van der Waals surface area contributed by atoms with Gasteiger partial charge in [0.1, 0.15) is 0 Å². The molecule has 1 aromatic rings. The molecule has 0 saturated carbocycles. The van der Waals surface area contributed by atoms with Crippen LogP contribution in [0.2, 0.25) is 5.21 Å². The van der Waals surface area contributed by atoms with Crippen LogP contribution in [0, 0.1) is 5.92 Å². The fourth-order valence-electron chi connectivity index (χ4n) is 2.92. The minimum atomic E-state index is -0.860. The Balaban J connectivity index is 1.79. The third-order valence-corrected chi connectivity index (χ3v) is 6.96. The first-order valence-corrected chi connectivity index (χ1v) is 10.7. The third-order valence-electron chi connectivity index (χ3n) is 4.45. The van der Waals surface area contributed by atoms with Crippen molar-refractivity contribution in [1.29, 1.82) is 0 Å². The second-order valence-corrected chi connectivity index (χ2v) is 8.28. The van der Waals surface area contributed by atoms with Crippen molar-refractivity contribution in [1.82, 2.24) is 4.90 Å². The maximum absolute atomic E-state index is 10.9. The van der Waals surface area contributed by atoms with Gasteiger partial charge in [0.05, 0.1) is 0 Å². The summed E-state index contributed by atoms with van der Waals surface area (Å²) < 4.78 is 10.6. The molecule has 1 radical (unpaired) electrons. The van der Waals surface area contributed by atoms with E-state index in [1.54, 1.807) is 14.2 Å². The summed E-state index contributed by atoms with van der Waals surface area (Å²) in [4.78, 5) is 12.3. The number of carboxylic acid groups (broad SMARTS) is 1. The average Bonchev–Trinajstić information content (AvgIpc) is 2.61. The normalized spacial score (nSPS) is 17.2. The number of hydrogen-bond donors (Lipinski definition) is 2. The predicted molar refractivity (Wildman–Crippen MR) is 92.1 cm³/mol. The molecule has 0 aromatic heterocycles. The Kier molecular flexibility index (Phi) is 7.25. The summed E-state index contributed by atoms with van der Waals surface area (Å²) in [5, 5.41) is 21.1. The first-order chi connectivity index (χ1) is 11.5. The van der Waals surface area contributed by atoms with Crippen LogP contribution in [0.15, 0.2) is 18.2 Å². The van der Waals surface area contributed by atoms with E-state index < -0.39 is 6.09 Å². The number of aliphatic hydroxyl groups is 1. The monoisotopic (exact) mass is 398 g/mol. The summed E-state index contributed by atoms with van der Waals surface area (Å²) in [7, 11) is 3.28. The number of likely N-dealkylation sites (tertiary alicyclic amines) is 1. The van der Waals surface area contributed by atoms with Crippen LogP contribution in [0.1, 0.15) is 18.4 Å². The van der Waals surface area contributed by atoms with Gasteiger partial charge in [-0.2, -0.15) is 0 Å². The van der Waals surface area contributed by atoms with E-state index in [1.165, 1.54) is 4.90 Å². The molecule has 1 fully saturated rings. The van der Waals surface area contributed by atoms with Crippen LogP contribution in [-0.2, 0) is 5.21 Å². The summed E-state index contributed by atoms with van der Waals surface area (Å²) in [5.74, 6) is 1.82. The van der Waals surface area contributed by atoms with E-state index in [0.717, 1.165) is 40.3 Å². The molecule has 1 unspecified atom stereocenters. The van der Waals surface area contributed by atoms with Gasteiger partial charge in [0.25, 0.3) is 0 Å². The van der Waals surface area contributed by atoms with Gasteiger partial charge < -0.3 is 0 Å². The maximum atomic E-state index is 10.9. The molecule has 2 rings (SSSR count). The number of benzene rings is 1. The number of nitrogens with zero attached hydrogens (tertiary/aromatic N) is 1. The number of ether oxygens (including phenoxy) is 2. The molecular weight excluding hydrogens is 373 g/mol. The van der Waals surface area contributed by atoms with Crippen molar-refractivity contribution in [2.75, 3.05) is 27.3 Å². The van der Waals surface area contributed by atoms with Crippen molar-refractivity contribution in [2.45, 2.75) is 29.4 Å². The quantitative estimate of drug-likeness (QED) is 0.688. The van der Waals surface area contributed by atoms with Crippen molar-refractivity contribution in [3.63, 3.8) is 0 Å². The summed E-state index contributed by atoms with van der Waals surface area (Å²) in [6, 6.07) is 5.83. The fourth-order valence-corrected chi connectivity index (χ4v) is 5.43. The standard InChI is InChI=1S/C17H25AsNO5/c1-23-14-4-3-13(16(9-14)24-2)10-18-11-15(20)12-5-7-19(8-6-12)17(21)22/h3-4,9,12,15,20H,5-8,10-11H2,1-2H3,(H,21,22). The zero-order chi connectivity index (χ0) is 17.5. The molecule has 1 aliphatic heterocycles. The Labute approximate surface area is 149 Å². The molecule has 1 amide bonds. The van der Waals surface area contributed by atoms with E-state index in [9.17, 15) is 9.90 Å². The Bertz CT molecular complexity index is 546. The molecule has 1 atom stereocenters. The Morgan fingerprint density at radius 3 is 2.62 bits per heavy atom. The summed E-state index contributed by atoms with van der Waals surface area (Å²) in [6.07, 6.45) is 0.312. The molecule has 0 aliphatic carbocycles. The van der Waals surface area contributed by atoms with E-state index in [4.69, 9.17) is 14.6 Å². The van der Waals surface area contributed by atoms with Crippen LogP contribution in [0.4, 0.5) is 4.79 Å². The first kappa shape index (κ1) is 18.9. The van der Waals surface area contributed by atoms with Crippen LogP contribution >= 0.6 is 0 Å². The van der Waals surface area contributed by atoms with E-state index in [2.05, 4.69) is 0 Å². The second kappa shape index (κ2) is 9.19. The molecule has 0 spiro atoms. The molecule has 1 aliphatic rings. The Hall–Kier alpha value is -1.39. The molecule has 1 aromatic carbocycles. The van der Waals surface area contributed by atoms with Gasteiger partial charge in [0, 0.05) is 0 Å². The molecular formula is C17H25AsNO5. The van der Waals surface area contributed by atoms with Crippen LogP contribution in [0.25, 0.3) is 0 Å². The van der Waals surface area contributed by atoms with Crippen LogP contribution in [0.5, 0.6) is 11.5 Å². The summed E-state index contributed by atoms with van der Waals surface area (Å²) in [6.45, 7) is 1.06. The third kappa shape index (κ3) is 5.05. The van der Waals surface area contributed by atoms with Gasteiger partial charge in [-0.1, -0.05) is 0 Å². The van der Waals surface area contributed by atoms with E-state index >= 15 is 0 Å². The number of piperidine rings is 1.